The molecule has 0 aliphatic carbocycles. The number of fused-ring (bicyclic) bond motifs is 3. The molecule has 0 saturated carbocycles. The summed E-state index contributed by atoms with van der Waals surface area (Å²) in [6, 6.07) is 25.6. The molecule has 262 valence electrons. The van der Waals surface area contributed by atoms with Crippen molar-refractivity contribution in [2.24, 2.45) is 0 Å². The average molecular weight is 728 g/mol. The van der Waals surface area contributed by atoms with Crippen molar-refractivity contribution in [3.05, 3.63) is 112 Å². The highest BCUT2D eigenvalue weighted by molar-refractivity contribution is 7.22. The van der Waals surface area contributed by atoms with Crippen LogP contribution in [0.2, 0.25) is 0 Å². The number of nitrogens with zero attached hydrogens (tertiary/aromatic N) is 4. The van der Waals surface area contributed by atoms with Gasteiger partial charge in [0.2, 0.25) is 0 Å². The van der Waals surface area contributed by atoms with Gasteiger partial charge in [0.25, 0.3) is 5.91 Å². The fourth-order valence-electron chi connectivity index (χ4n) is 6.90. The SMILES string of the molecule is O=C(Nc1nc2ccccc2s1)c1cccc2c1CN(c1nc(C(=O)O)c(C#Cc3ccc4cc(OCCCN5CCCCC5)ccc4c3)s1)CC2. The lowest BCUT2D eigenvalue weighted by Crippen LogP contribution is -2.32. The fraction of sp³-hybridized carbons (Fsp3) is 0.268. The number of ether oxygens (including phenoxy) is 1. The van der Waals surface area contributed by atoms with Gasteiger partial charge in [0.1, 0.15) is 10.6 Å². The highest BCUT2D eigenvalue weighted by Gasteiger charge is 2.26. The number of anilines is 2. The quantitative estimate of drug-likeness (QED) is 0.114. The Morgan fingerprint density at radius 3 is 2.60 bits per heavy atom. The van der Waals surface area contributed by atoms with E-state index in [1.807, 2.05) is 77.7 Å². The van der Waals surface area contributed by atoms with Gasteiger partial charge in [0, 0.05) is 30.8 Å². The fourth-order valence-corrected chi connectivity index (χ4v) is 8.70. The van der Waals surface area contributed by atoms with Gasteiger partial charge in [-0.25, -0.2) is 14.8 Å². The van der Waals surface area contributed by atoms with Crippen molar-refractivity contribution in [3.63, 3.8) is 0 Å². The number of piperidine rings is 1. The molecule has 0 atom stereocenters. The largest absolute Gasteiger partial charge is 0.494 e. The molecule has 0 radical (unpaired) electrons. The smallest absolute Gasteiger partial charge is 0.356 e. The number of amides is 1. The number of hydrogen-bond donors (Lipinski definition) is 2. The zero-order chi connectivity index (χ0) is 35.4. The van der Waals surface area contributed by atoms with E-state index in [0.717, 1.165) is 56.4 Å². The third-order valence-electron chi connectivity index (χ3n) is 9.59. The highest BCUT2D eigenvalue weighted by Crippen LogP contribution is 2.33. The Hall–Kier alpha value is -5.28. The average Bonchev–Trinajstić information content (AvgIpc) is 3.80. The van der Waals surface area contributed by atoms with E-state index in [-0.39, 0.29) is 11.6 Å². The van der Waals surface area contributed by atoms with Crippen LogP contribution >= 0.6 is 22.7 Å². The van der Waals surface area contributed by atoms with E-state index in [2.05, 4.69) is 38.1 Å². The highest BCUT2D eigenvalue weighted by atomic mass is 32.1. The number of thiazole rings is 2. The van der Waals surface area contributed by atoms with Crippen LogP contribution in [0.5, 0.6) is 5.75 Å². The first-order valence-electron chi connectivity index (χ1n) is 17.6. The lowest BCUT2D eigenvalue weighted by molar-refractivity contribution is 0.0691. The Kier molecular flexibility index (Phi) is 9.85. The zero-order valence-electron chi connectivity index (χ0n) is 28.6. The van der Waals surface area contributed by atoms with Gasteiger partial charge in [-0.3, -0.25) is 10.1 Å². The molecule has 1 fully saturated rings. The van der Waals surface area contributed by atoms with Crippen molar-refractivity contribution < 1.29 is 19.4 Å². The van der Waals surface area contributed by atoms with Gasteiger partial charge in [-0.15, -0.1) is 0 Å². The van der Waals surface area contributed by atoms with Crippen molar-refractivity contribution in [2.75, 3.05) is 43.0 Å². The number of hydrogen-bond acceptors (Lipinski definition) is 9. The Morgan fingerprint density at radius 1 is 0.885 bits per heavy atom. The van der Waals surface area contributed by atoms with Gasteiger partial charge < -0.3 is 19.6 Å². The second-order valence-corrected chi connectivity index (χ2v) is 15.1. The van der Waals surface area contributed by atoms with Crippen LogP contribution < -0.4 is 15.0 Å². The first-order chi connectivity index (χ1) is 25.5. The molecule has 4 aromatic carbocycles. The molecule has 2 aliphatic heterocycles. The molecule has 1 amide bonds. The summed E-state index contributed by atoms with van der Waals surface area (Å²) in [5.74, 6) is 5.77. The van der Waals surface area contributed by atoms with E-state index in [1.54, 1.807) is 0 Å². The number of carbonyl (C=O) groups excluding carboxylic acids is 1. The number of carboxylic acids is 1. The second kappa shape index (κ2) is 15.1. The number of nitrogens with one attached hydrogen (secondary N) is 1. The summed E-state index contributed by atoms with van der Waals surface area (Å²) in [5, 5.41) is 16.2. The second-order valence-electron chi connectivity index (χ2n) is 13.1. The molecule has 4 heterocycles. The molecular weight excluding hydrogens is 691 g/mol. The van der Waals surface area contributed by atoms with Crippen LogP contribution in [0.15, 0.2) is 78.9 Å². The van der Waals surface area contributed by atoms with Gasteiger partial charge >= 0.3 is 5.97 Å². The Balaban J connectivity index is 0.956. The summed E-state index contributed by atoms with van der Waals surface area (Å²) in [5.41, 5.74) is 4.11. The normalized spacial score (nSPS) is 14.5. The van der Waals surface area contributed by atoms with Crippen LogP contribution in [0.1, 0.15) is 68.1 Å². The van der Waals surface area contributed by atoms with Gasteiger partial charge in [0.15, 0.2) is 16.0 Å². The van der Waals surface area contributed by atoms with E-state index in [1.165, 1.54) is 55.0 Å². The first kappa shape index (κ1) is 33.8. The maximum Gasteiger partial charge on any atom is 0.356 e. The van der Waals surface area contributed by atoms with E-state index < -0.39 is 5.97 Å². The van der Waals surface area contributed by atoms with Crippen molar-refractivity contribution in [1.82, 2.24) is 14.9 Å². The molecule has 2 N–H and O–H groups in total. The van der Waals surface area contributed by atoms with E-state index >= 15 is 0 Å². The summed E-state index contributed by atoms with van der Waals surface area (Å²) in [7, 11) is 0. The molecule has 52 heavy (non-hydrogen) atoms. The van der Waals surface area contributed by atoms with Crippen molar-refractivity contribution in [2.45, 2.75) is 38.6 Å². The Labute approximate surface area is 309 Å². The first-order valence-corrected chi connectivity index (χ1v) is 19.3. The van der Waals surface area contributed by atoms with Crippen LogP contribution in [0.4, 0.5) is 10.3 Å². The standard InChI is InChI=1S/C41H37N5O4S2/c47-38(44-40-42-34-10-2-3-11-35(34)51-40)32-9-6-8-28-18-22-46(26-33(28)32)41-43-37(39(48)49)36(52-41)17-13-27-12-14-30-25-31(16-15-29(30)24-27)50-23-7-21-45-19-4-1-5-20-45/h2-3,6,8-12,14-16,24-25H,1,4-5,7,18-23,26H2,(H,48,49)(H,42,44,47). The summed E-state index contributed by atoms with van der Waals surface area (Å²) in [4.78, 5) is 39.8. The van der Waals surface area contributed by atoms with Crippen molar-refractivity contribution in [3.8, 4) is 17.6 Å². The number of carbonyl (C=O) groups is 2. The Bertz CT molecular complexity index is 2320. The summed E-state index contributed by atoms with van der Waals surface area (Å²) in [6.07, 6.45) is 5.66. The molecular formula is C41H37N5O4S2. The predicted molar refractivity (Wildman–Crippen MR) is 208 cm³/mol. The van der Waals surface area contributed by atoms with Crippen LogP contribution in [0, 0.1) is 11.8 Å². The number of aromatic carboxylic acids is 1. The number of rotatable bonds is 9. The van der Waals surface area contributed by atoms with Crippen LogP contribution in [-0.4, -0.2) is 64.6 Å². The molecule has 2 aliphatic rings. The number of para-hydroxylation sites is 1. The summed E-state index contributed by atoms with van der Waals surface area (Å²) in [6.45, 7) is 5.24. The van der Waals surface area contributed by atoms with E-state index in [4.69, 9.17) is 4.74 Å². The number of likely N-dealkylation sites (tertiary alicyclic amines) is 1. The minimum Gasteiger partial charge on any atom is -0.494 e. The molecule has 8 rings (SSSR count). The van der Waals surface area contributed by atoms with Gasteiger partial charge in [-0.1, -0.05) is 71.4 Å². The summed E-state index contributed by atoms with van der Waals surface area (Å²) < 4.78 is 7.06. The van der Waals surface area contributed by atoms with Gasteiger partial charge in [-0.05, 0) is 109 Å². The molecule has 11 heteroatoms. The third kappa shape index (κ3) is 7.51. The molecule has 0 unspecified atom stereocenters. The lowest BCUT2D eigenvalue weighted by Gasteiger charge is -2.29. The maximum absolute atomic E-state index is 13.5. The number of carboxylic acid groups (broad SMARTS) is 1. The number of aromatic nitrogens is 2. The topological polar surface area (TPSA) is 108 Å². The van der Waals surface area contributed by atoms with Crippen LogP contribution in [0.3, 0.4) is 0 Å². The van der Waals surface area contributed by atoms with Crippen LogP contribution in [-0.2, 0) is 13.0 Å². The Morgan fingerprint density at radius 2 is 1.73 bits per heavy atom. The molecule has 2 aromatic heterocycles. The van der Waals surface area contributed by atoms with Crippen molar-refractivity contribution in [1.29, 1.82) is 0 Å². The van der Waals surface area contributed by atoms with E-state index in [9.17, 15) is 14.7 Å². The number of benzene rings is 4. The molecule has 0 bridgehead atoms. The minimum absolute atomic E-state index is 0.0666. The molecule has 1 saturated heterocycles. The minimum atomic E-state index is -1.12. The summed E-state index contributed by atoms with van der Waals surface area (Å²) >= 11 is 2.70. The van der Waals surface area contributed by atoms with Gasteiger partial charge in [0.05, 0.1) is 16.8 Å². The zero-order valence-corrected chi connectivity index (χ0v) is 30.2. The molecule has 6 aromatic rings. The molecule has 0 spiro atoms. The van der Waals surface area contributed by atoms with Gasteiger partial charge in [-0.2, -0.15) is 0 Å². The lowest BCUT2D eigenvalue weighted by atomic mass is 9.94. The van der Waals surface area contributed by atoms with E-state index in [0.29, 0.717) is 46.8 Å². The molecule has 9 nitrogen and oxygen atoms in total. The van der Waals surface area contributed by atoms with Crippen LogP contribution in [0.25, 0.3) is 21.0 Å². The third-order valence-corrected chi connectivity index (χ3v) is 11.6. The maximum atomic E-state index is 13.5. The van der Waals surface area contributed by atoms with Crippen molar-refractivity contribution >= 4 is 65.8 Å². The monoisotopic (exact) mass is 727 g/mol. The predicted octanol–water partition coefficient (Wildman–Crippen LogP) is 8.07.